The fraction of sp³-hybridized carbons (Fsp3) is 0.762. The number of ether oxygens (including phenoxy) is 1. The molecule has 178 valence electrons. The molecule has 0 fully saturated rings. The normalized spacial score (nSPS) is 10.3. The van der Waals surface area contributed by atoms with Gasteiger partial charge in [0.25, 0.3) is 0 Å². The van der Waals surface area contributed by atoms with Gasteiger partial charge in [-0.15, -0.1) is 0 Å². The average molecular weight is 475 g/mol. The summed E-state index contributed by atoms with van der Waals surface area (Å²) in [6, 6.07) is 0. The summed E-state index contributed by atoms with van der Waals surface area (Å²) in [6.45, 7) is 3.26. The van der Waals surface area contributed by atoms with Gasteiger partial charge in [0.15, 0.2) is 0 Å². The molecule has 9 nitrogen and oxygen atoms in total. The van der Waals surface area contributed by atoms with Crippen LogP contribution >= 0.6 is 0 Å². The number of aliphatic hydroxyl groups excluding tert-OH is 3. The summed E-state index contributed by atoms with van der Waals surface area (Å²) >= 11 is 0. The number of carbonyl (C=O) groups excluding carboxylic acids is 1. The number of hydrogen-bond acceptors (Lipinski definition) is 7. The van der Waals surface area contributed by atoms with Gasteiger partial charge in [0, 0.05) is 18.4 Å². The molecule has 0 rings (SSSR count). The molecule has 0 heterocycles. The second-order valence-corrected chi connectivity index (χ2v) is 7.45. The second-order valence-electron chi connectivity index (χ2n) is 7.45. The Morgan fingerprint density at radius 2 is 1.06 bits per heavy atom. The van der Waals surface area contributed by atoms with E-state index in [2.05, 4.69) is 6.58 Å². The number of rotatable bonds is 17. The molecule has 10 heteroatoms. The van der Waals surface area contributed by atoms with Crippen LogP contribution in [0.4, 0.5) is 0 Å². The first kappa shape index (κ1) is 35.3. The summed E-state index contributed by atoms with van der Waals surface area (Å²) < 4.78 is 4.72. The minimum atomic E-state index is -1.18. The third kappa shape index (κ3) is 22.6. The molecule has 0 radical (unpaired) electrons. The van der Waals surface area contributed by atoms with Crippen molar-refractivity contribution in [3.8, 4) is 0 Å². The molecular formula is C21H39KO9. The van der Waals surface area contributed by atoms with Gasteiger partial charge in [0.2, 0.25) is 0 Å². The van der Waals surface area contributed by atoms with Gasteiger partial charge in [-0.25, -0.2) is 4.79 Å². The number of carboxylic acids is 2. The first-order valence-electron chi connectivity index (χ1n) is 10.2. The van der Waals surface area contributed by atoms with Gasteiger partial charge in [0.05, 0.1) is 25.2 Å². The van der Waals surface area contributed by atoms with Gasteiger partial charge in [-0.3, -0.25) is 9.59 Å². The van der Waals surface area contributed by atoms with E-state index in [4.69, 9.17) is 30.3 Å². The zero-order chi connectivity index (χ0) is 23.4. The van der Waals surface area contributed by atoms with Crippen molar-refractivity contribution in [1.82, 2.24) is 0 Å². The zero-order valence-corrected chi connectivity index (χ0v) is 18.0. The molecule has 0 saturated carbocycles. The molecule has 5 N–H and O–H groups in total. The number of aliphatic carboxylic acids is 2. The number of carboxylic acid groups (broad SMARTS) is 2. The van der Waals surface area contributed by atoms with E-state index in [0.717, 1.165) is 51.4 Å². The zero-order valence-electron chi connectivity index (χ0n) is 18.0. The number of esters is 1. The third-order valence-corrected chi connectivity index (χ3v) is 4.40. The van der Waals surface area contributed by atoms with Crippen LogP contribution in [0.15, 0.2) is 12.2 Å². The van der Waals surface area contributed by atoms with E-state index in [1.54, 1.807) is 0 Å². The molecule has 0 spiro atoms. The van der Waals surface area contributed by atoms with Crippen molar-refractivity contribution < 1.29 is 44.7 Å². The van der Waals surface area contributed by atoms with Crippen molar-refractivity contribution in [2.75, 3.05) is 26.4 Å². The summed E-state index contributed by atoms with van der Waals surface area (Å²) in [4.78, 5) is 31.4. The van der Waals surface area contributed by atoms with Gasteiger partial charge in [-0.1, -0.05) is 45.1 Å². The molecular weight excluding hydrogens is 435 g/mol. The van der Waals surface area contributed by atoms with E-state index < -0.39 is 43.1 Å². The van der Waals surface area contributed by atoms with Gasteiger partial charge < -0.3 is 30.3 Å². The molecule has 0 amide bonds. The molecule has 0 aromatic rings. The van der Waals surface area contributed by atoms with Crippen LogP contribution in [0.5, 0.6) is 0 Å². The minimum absolute atomic E-state index is 0. The summed E-state index contributed by atoms with van der Waals surface area (Å²) in [7, 11) is 0. The molecule has 0 atom stereocenters. The topological polar surface area (TPSA) is 162 Å². The molecule has 0 saturated heterocycles. The van der Waals surface area contributed by atoms with E-state index in [1.165, 1.54) is 6.92 Å². The van der Waals surface area contributed by atoms with Crippen molar-refractivity contribution in [1.29, 1.82) is 0 Å². The summed E-state index contributed by atoms with van der Waals surface area (Å²) in [5.74, 6) is -2.04. The van der Waals surface area contributed by atoms with Crippen LogP contribution in [-0.4, -0.2) is 121 Å². The average Bonchev–Trinajstić information content (AvgIpc) is 2.70. The van der Waals surface area contributed by atoms with Crippen molar-refractivity contribution >= 4 is 69.3 Å². The number of hydrogen-bond donors (Lipinski definition) is 5. The molecule has 0 aliphatic carbocycles. The Kier molecular flexibility index (Phi) is 26.0. The van der Waals surface area contributed by atoms with Crippen LogP contribution in [0, 0.1) is 5.41 Å². The quantitative estimate of drug-likeness (QED) is 0.0909. The fourth-order valence-corrected chi connectivity index (χ4v) is 2.24. The Morgan fingerprint density at radius 3 is 1.32 bits per heavy atom. The SMILES string of the molecule is C=C(C)C(=O)OCC(CO)(CO)CO.O=C(O)CCCCCCCCCCC(=O)O.[KH]. The van der Waals surface area contributed by atoms with Crippen LogP contribution in [0.1, 0.15) is 71.1 Å². The number of unbranched alkanes of at least 4 members (excludes halogenated alkanes) is 7. The maximum atomic E-state index is 11.0. The molecule has 0 unspecified atom stereocenters. The van der Waals surface area contributed by atoms with Gasteiger partial charge in [-0.2, -0.15) is 0 Å². The maximum absolute atomic E-state index is 11.0. The first-order chi connectivity index (χ1) is 14.1. The van der Waals surface area contributed by atoms with E-state index in [0.29, 0.717) is 0 Å². The Labute approximate surface area is 227 Å². The Balaban J connectivity index is -0.000000494. The Bertz CT molecular complexity index is 475. The molecule has 0 aliphatic heterocycles. The summed E-state index contributed by atoms with van der Waals surface area (Å²) in [6.07, 6.45) is 8.51. The molecule has 0 bridgehead atoms. The van der Waals surface area contributed by atoms with Gasteiger partial charge in [0.1, 0.15) is 6.61 Å². The van der Waals surface area contributed by atoms with Gasteiger partial charge >= 0.3 is 69.3 Å². The van der Waals surface area contributed by atoms with Gasteiger partial charge in [-0.05, 0) is 19.8 Å². The van der Waals surface area contributed by atoms with E-state index in [9.17, 15) is 14.4 Å². The van der Waals surface area contributed by atoms with Crippen molar-refractivity contribution in [2.45, 2.75) is 71.1 Å². The number of aliphatic hydroxyl groups is 3. The summed E-state index contributed by atoms with van der Waals surface area (Å²) in [5, 5.41) is 43.5. The third-order valence-electron chi connectivity index (χ3n) is 4.40. The predicted octanol–water partition coefficient (Wildman–Crippen LogP) is 1.48. The van der Waals surface area contributed by atoms with E-state index in [1.807, 2.05) is 0 Å². The second kappa shape index (κ2) is 22.8. The Morgan fingerprint density at radius 1 is 0.742 bits per heavy atom. The molecule has 31 heavy (non-hydrogen) atoms. The standard InChI is InChI=1S/C12H22O4.C9H16O5.K.H/c13-11(14)9-7-5-3-1-2-4-6-8-10-12(15)16;1-7(2)8(13)14-6-9(3-10,4-11)5-12;;/h1-10H2,(H,13,14)(H,15,16);10-12H,1,3-6H2,2H3;;. The fourth-order valence-electron chi connectivity index (χ4n) is 2.24. The van der Waals surface area contributed by atoms with Crippen molar-refractivity contribution in [2.24, 2.45) is 5.41 Å². The molecule has 0 aromatic heterocycles. The van der Waals surface area contributed by atoms with Crippen LogP contribution in [0.25, 0.3) is 0 Å². The number of carbonyl (C=O) groups is 3. The monoisotopic (exact) mass is 474 g/mol. The van der Waals surface area contributed by atoms with Crippen LogP contribution < -0.4 is 0 Å². The van der Waals surface area contributed by atoms with Crippen LogP contribution in [0.3, 0.4) is 0 Å². The van der Waals surface area contributed by atoms with Crippen molar-refractivity contribution in [3.63, 3.8) is 0 Å². The molecule has 0 aromatic carbocycles. The van der Waals surface area contributed by atoms with Crippen LogP contribution in [0.2, 0.25) is 0 Å². The van der Waals surface area contributed by atoms with Crippen LogP contribution in [-0.2, 0) is 19.1 Å². The predicted molar refractivity (Wildman–Crippen MR) is 118 cm³/mol. The first-order valence-corrected chi connectivity index (χ1v) is 10.2. The summed E-state index contributed by atoms with van der Waals surface area (Å²) in [5.41, 5.74) is -0.946. The van der Waals surface area contributed by atoms with E-state index in [-0.39, 0.29) is 76.4 Å². The van der Waals surface area contributed by atoms with Crippen molar-refractivity contribution in [3.05, 3.63) is 12.2 Å². The molecule has 0 aliphatic rings. The Hall–Kier alpha value is -0.334. The van der Waals surface area contributed by atoms with E-state index >= 15 is 0 Å².